The molecule has 50 heavy (non-hydrogen) atoms. The number of halogens is 3. The number of anilines is 2. The molecule has 6 atom stereocenters. The number of nitrogens with zero attached hydrogens (tertiary/aromatic N) is 5. The van der Waals surface area contributed by atoms with Gasteiger partial charge in [0.05, 0.1) is 41.5 Å². The number of carbonyl (C=O) groups excluding carboxylic acids is 4. The molecule has 3 aromatic carbocycles. The number of benzene rings is 3. The Bertz CT molecular complexity index is 1990. The largest absolute Gasteiger partial charge is 0.508 e. The van der Waals surface area contributed by atoms with Crippen molar-refractivity contribution in [1.29, 1.82) is 0 Å². The van der Waals surface area contributed by atoms with E-state index in [1.807, 2.05) is 49.3 Å². The predicted octanol–water partition coefficient (Wildman–Crippen LogP) is 6.80. The van der Waals surface area contributed by atoms with Crippen molar-refractivity contribution in [3.63, 3.8) is 0 Å². The van der Waals surface area contributed by atoms with Crippen LogP contribution in [-0.4, -0.2) is 70.0 Å². The molecule has 0 radical (unpaired) electrons. The van der Waals surface area contributed by atoms with Crippen LogP contribution in [0, 0.1) is 17.8 Å². The van der Waals surface area contributed by atoms with Crippen LogP contribution in [0.15, 0.2) is 88.6 Å². The number of hydrogen-bond acceptors (Lipinski definition) is 9. The van der Waals surface area contributed by atoms with E-state index in [9.17, 15) is 24.3 Å². The molecule has 6 unspecified atom stereocenters. The van der Waals surface area contributed by atoms with Crippen LogP contribution in [0.5, 0.6) is 11.5 Å². The molecule has 0 bridgehead atoms. The summed E-state index contributed by atoms with van der Waals surface area (Å²) in [5.74, 6) is -5.54. The molecule has 7 rings (SSSR count). The standard InChI is InChI=1S/C36H32BrCl2N5O6/c1-42(2)21-8-4-19(5-9-21)40-41-20-6-10-22(11-7-20)44-31(46)25-14-13-24-27(29(25)32(44)47)17-35(38)33(48)43(18-37)34(49)36(35,39)30(24)26-16-23(50-3)12-15-28(26)45/h4-13,15-16,25,27,29-30,45H,14,17-18H2,1-3H3. The third-order valence-corrected chi connectivity index (χ3v) is 12.2. The van der Waals surface area contributed by atoms with E-state index in [0.717, 1.165) is 10.6 Å². The van der Waals surface area contributed by atoms with Gasteiger partial charge in [-0.25, -0.2) is 0 Å². The highest BCUT2D eigenvalue weighted by Gasteiger charge is 2.76. The second-order valence-electron chi connectivity index (χ2n) is 13.1. The van der Waals surface area contributed by atoms with Crippen LogP contribution in [0.25, 0.3) is 0 Å². The highest BCUT2D eigenvalue weighted by molar-refractivity contribution is 9.09. The summed E-state index contributed by atoms with van der Waals surface area (Å²) in [7, 11) is 5.36. The molecule has 258 valence electrons. The van der Waals surface area contributed by atoms with Crippen LogP contribution >= 0.6 is 39.1 Å². The Hall–Kier alpha value is -4.26. The molecule has 1 N–H and O–H groups in total. The summed E-state index contributed by atoms with van der Waals surface area (Å²) in [5, 5.41) is 19.7. The number of alkyl halides is 3. The van der Waals surface area contributed by atoms with Crippen LogP contribution in [0.4, 0.5) is 22.7 Å². The number of likely N-dealkylation sites (tertiary alicyclic amines) is 1. The topological polar surface area (TPSA) is 132 Å². The van der Waals surface area contributed by atoms with E-state index in [4.69, 9.17) is 27.9 Å². The number of carbonyl (C=O) groups is 4. The van der Waals surface area contributed by atoms with Crippen molar-refractivity contribution in [1.82, 2.24) is 4.90 Å². The van der Waals surface area contributed by atoms with Crippen molar-refractivity contribution in [3.8, 4) is 11.5 Å². The Labute approximate surface area is 306 Å². The summed E-state index contributed by atoms with van der Waals surface area (Å²) in [6.45, 7) is 0. The molecule has 4 amide bonds. The van der Waals surface area contributed by atoms with Gasteiger partial charge >= 0.3 is 0 Å². The van der Waals surface area contributed by atoms with Gasteiger partial charge in [-0.05, 0) is 85.5 Å². The van der Waals surface area contributed by atoms with E-state index < -0.39 is 51.1 Å². The van der Waals surface area contributed by atoms with Crippen molar-refractivity contribution < 1.29 is 29.0 Å². The minimum absolute atomic E-state index is 0.149. The van der Waals surface area contributed by atoms with Crippen LogP contribution in [0.2, 0.25) is 0 Å². The summed E-state index contributed by atoms with van der Waals surface area (Å²) >= 11 is 17.8. The number of fused-ring (bicyclic) bond motifs is 4. The minimum atomic E-state index is -2.04. The van der Waals surface area contributed by atoms with E-state index in [2.05, 4.69) is 26.2 Å². The van der Waals surface area contributed by atoms with Crippen LogP contribution in [-0.2, 0) is 19.2 Å². The van der Waals surface area contributed by atoms with Crippen LogP contribution in [0.1, 0.15) is 24.3 Å². The van der Waals surface area contributed by atoms with Gasteiger partial charge < -0.3 is 14.7 Å². The number of methoxy groups -OCH3 is 1. The van der Waals surface area contributed by atoms with E-state index in [1.54, 1.807) is 36.4 Å². The molecule has 0 spiro atoms. The number of phenols is 1. The van der Waals surface area contributed by atoms with Gasteiger partial charge in [0.15, 0.2) is 9.75 Å². The number of aromatic hydroxyl groups is 1. The maximum Gasteiger partial charge on any atom is 0.254 e. The molecule has 4 aliphatic rings. The average Bonchev–Trinajstić information content (AvgIpc) is 3.45. The van der Waals surface area contributed by atoms with Crippen molar-refractivity contribution in [2.24, 2.45) is 28.0 Å². The van der Waals surface area contributed by atoms with E-state index in [1.165, 1.54) is 18.1 Å². The van der Waals surface area contributed by atoms with Crippen molar-refractivity contribution in [2.45, 2.75) is 28.5 Å². The summed E-state index contributed by atoms with van der Waals surface area (Å²) in [4.78, 5) is 56.2. The molecule has 2 aliphatic carbocycles. The number of azo groups is 1. The third kappa shape index (κ3) is 4.97. The lowest BCUT2D eigenvalue weighted by atomic mass is 9.56. The van der Waals surface area contributed by atoms with Crippen molar-refractivity contribution in [2.75, 3.05) is 36.5 Å². The predicted molar refractivity (Wildman–Crippen MR) is 192 cm³/mol. The Morgan fingerprint density at radius 3 is 2.16 bits per heavy atom. The van der Waals surface area contributed by atoms with Crippen LogP contribution in [0.3, 0.4) is 0 Å². The third-order valence-electron chi connectivity index (χ3n) is 10.3. The monoisotopic (exact) mass is 779 g/mol. The number of allylic oxidation sites excluding steroid dienone is 2. The lowest BCUT2D eigenvalue weighted by molar-refractivity contribution is -0.138. The van der Waals surface area contributed by atoms with Crippen molar-refractivity contribution >= 4 is 85.5 Å². The summed E-state index contributed by atoms with van der Waals surface area (Å²) in [6, 6.07) is 18.7. The Morgan fingerprint density at radius 2 is 1.56 bits per heavy atom. The summed E-state index contributed by atoms with van der Waals surface area (Å²) < 4.78 is 5.42. The molecule has 2 saturated heterocycles. The molecular formula is C36H32BrCl2N5O6. The van der Waals surface area contributed by atoms with Gasteiger partial charge in [-0.3, -0.25) is 29.0 Å². The number of amides is 4. The first-order valence-electron chi connectivity index (χ1n) is 15.9. The SMILES string of the molecule is COc1ccc(O)c(C2C3=CCC4C(=O)N(c5ccc(N=Nc6ccc(N(C)C)cc6)cc5)C(=O)C4C3CC3(Cl)C(=O)N(CBr)C(=O)C23Cl)c1. The Balaban J connectivity index is 1.23. The van der Waals surface area contributed by atoms with Gasteiger partial charge in [0, 0.05) is 31.3 Å². The molecule has 14 heteroatoms. The Kier molecular flexibility index (Phi) is 8.55. The number of rotatable bonds is 7. The zero-order chi connectivity index (χ0) is 35.7. The van der Waals surface area contributed by atoms with Gasteiger partial charge in [0.1, 0.15) is 11.5 Å². The van der Waals surface area contributed by atoms with E-state index in [-0.39, 0.29) is 35.5 Å². The lowest BCUT2D eigenvalue weighted by Gasteiger charge is -2.50. The molecule has 2 aliphatic heterocycles. The van der Waals surface area contributed by atoms with E-state index in [0.29, 0.717) is 28.4 Å². The average molecular weight is 781 g/mol. The zero-order valence-electron chi connectivity index (χ0n) is 27.2. The number of imide groups is 2. The molecule has 3 aromatic rings. The number of hydrogen-bond donors (Lipinski definition) is 1. The fourth-order valence-electron chi connectivity index (χ4n) is 7.85. The van der Waals surface area contributed by atoms with Gasteiger partial charge in [-0.1, -0.05) is 27.6 Å². The first-order valence-corrected chi connectivity index (χ1v) is 17.8. The smallest absolute Gasteiger partial charge is 0.254 e. The highest BCUT2D eigenvalue weighted by atomic mass is 79.9. The van der Waals surface area contributed by atoms with Gasteiger partial charge in [0.2, 0.25) is 11.8 Å². The summed E-state index contributed by atoms with van der Waals surface area (Å²) in [5.41, 5.74) is 3.24. The molecule has 2 heterocycles. The summed E-state index contributed by atoms with van der Waals surface area (Å²) in [6.07, 6.45) is 1.83. The molecule has 3 fully saturated rings. The molecular weight excluding hydrogens is 749 g/mol. The molecule has 11 nitrogen and oxygen atoms in total. The van der Waals surface area contributed by atoms with E-state index >= 15 is 0 Å². The minimum Gasteiger partial charge on any atom is -0.508 e. The maximum absolute atomic E-state index is 14.3. The lowest BCUT2D eigenvalue weighted by Crippen LogP contribution is -2.60. The number of ether oxygens (including phenoxy) is 1. The normalized spacial score (nSPS) is 28.9. The quantitative estimate of drug-likeness (QED) is 0.0918. The zero-order valence-corrected chi connectivity index (χ0v) is 30.3. The highest BCUT2D eigenvalue weighted by Crippen LogP contribution is 2.66. The Morgan fingerprint density at radius 1 is 0.920 bits per heavy atom. The van der Waals surface area contributed by atoms with Crippen molar-refractivity contribution in [3.05, 3.63) is 83.9 Å². The van der Waals surface area contributed by atoms with Crippen LogP contribution < -0.4 is 14.5 Å². The second-order valence-corrected chi connectivity index (χ2v) is 14.8. The number of phenolic OH excluding ortho intramolecular Hbond substituents is 1. The molecule has 1 saturated carbocycles. The van der Waals surface area contributed by atoms with Gasteiger partial charge in [-0.2, -0.15) is 10.2 Å². The second kappa shape index (κ2) is 12.5. The fourth-order valence-corrected chi connectivity index (χ4v) is 9.26. The first kappa shape index (κ1) is 34.2. The first-order chi connectivity index (χ1) is 23.8. The maximum atomic E-state index is 14.3. The van der Waals surface area contributed by atoms with Gasteiger partial charge in [0.25, 0.3) is 11.8 Å². The fraction of sp³-hybridized carbons (Fsp3) is 0.333. The van der Waals surface area contributed by atoms with Gasteiger partial charge in [-0.15, -0.1) is 23.2 Å². The molecule has 0 aromatic heterocycles.